The molecule has 1 aromatic carbocycles. The summed E-state index contributed by atoms with van der Waals surface area (Å²) in [6.45, 7) is 3.10. The van der Waals surface area contributed by atoms with Crippen molar-refractivity contribution in [2.45, 2.75) is 5.75 Å². The predicted octanol–water partition coefficient (Wildman–Crippen LogP) is 2.61. The molecule has 150 valence electrons. The van der Waals surface area contributed by atoms with Crippen LogP contribution in [0.2, 0.25) is 0 Å². The van der Waals surface area contributed by atoms with Crippen LogP contribution >= 0.6 is 0 Å². The molecular weight excluding hydrogens is 388 g/mol. The summed E-state index contributed by atoms with van der Waals surface area (Å²) in [4.78, 5) is 11.1. The smallest absolute Gasteiger partial charge is 0.131 e. The van der Waals surface area contributed by atoms with E-state index in [0.717, 1.165) is 46.7 Å². The molecule has 1 saturated heterocycles. The summed E-state index contributed by atoms with van der Waals surface area (Å²) in [6.07, 6.45) is 3.53. The van der Waals surface area contributed by atoms with Crippen LogP contribution in [0.3, 0.4) is 0 Å². The van der Waals surface area contributed by atoms with Gasteiger partial charge in [0.15, 0.2) is 0 Å². The molecule has 1 unspecified atom stereocenters. The number of hydrogen-bond donors (Lipinski definition) is 1. The van der Waals surface area contributed by atoms with Gasteiger partial charge in [-0.25, -0.2) is 9.97 Å². The molecule has 0 aliphatic carbocycles. The van der Waals surface area contributed by atoms with Crippen molar-refractivity contribution >= 4 is 22.7 Å². The predicted molar refractivity (Wildman–Crippen MR) is 113 cm³/mol. The first-order valence-corrected chi connectivity index (χ1v) is 10.5. The number of aromatic nitrogens is 2. The molecule has 0 saturated carbocycles. The average molecular weight is 409 g/mol. The normalized spacial score (nSPS) is 15.3. The zero-order chi connectivity index (χ0) is 20.2. The van der Waals surface area contributed by atoms with Gasteiger partial charge in [0.1, 0.15) is 11.6 Å². The standard InChI is InChI=1S/C21H22N4O3S/c22-21-19(17-5-6-20(23-12-17)25-7-9-28-10-8-25)11-18(13-24-21)16-3-1-15(2-4-16)14-29(26)27/h1-6,11-13H,7-10,14H2,(H2,22,24)(H,26,27)/p-1. The molecule has 1 fully saturated rings. The van der Waals surface area contributed by atoms with Crippen molar-refractivity contribution in [2.24, 2.45) is 0 Å². The van der Waals surface area contributed by atoms with Crippen molar-refractivity contribution in [2.75, 3.05) is 36.9 Å². The Kier molecular flexibility index (Phi) is 5.84. The van der Waals surface area contributed by atoms with E-state index >= 15 is 0 Å². The fourth-order valence-corrected chi connectivity index (χ4v) is 3.78. The van der Waals surface area contributed by atoms with E-state index < -0.39 is 11.1 Å². The Balaban J connectivity index is 1.59. The van der Waals surface area contributed by atoms with Gasteiger partial charge < -0.3 is 19.9 Å². The summed E-state index contributed by atoms with van der Waals surface area (Å²) in [5.74, 6) is 1.37. The van der Waals surface area contributed by atoms with E-state index in [1.807, 2.05) is 36.5 Å². The summed E-state index contributed by atoms with van der Waals surface area (Å²) >= 11 is -2.10. The molecule has 1 aliphatic heterocycles. The second-order valence-corrected chi connectivity index (χ2v) is 7.70. The van der Waals surface area contributed by atoms with Crippen molar-refractivity contribution < 1.29 is 13.5 Å². The maximum atomic E-state index is 10.8. The lowest BCUT2D eigenvalue weighted by atomic mass is 10.0. The lowest BCUT2D eigenvalue weighted by Gasteiger charge is -2.27. The average Bonchev–Trinajstić information content (AvgIpc) is 2.75. The topological polar surface area (TPSA) is 104 Å². The van der Waals surface area contributed by atoms with Crippen molar-refractivity contribution in [1.29, 1.82) is 0 Å². The summed E-state index contributed by atoms with van der Waals surface area (Å²) in [5.41, 5.74) is 10.4. The Labute approximate surface area is 171 Å². The van der Waals surface area contributed by atoms with Crippen LogP contribution in [-0.4, -0.2) is 45.0 Å². The van der Waals surface area contributed by atoms with Gasteiger partial charge in [0.2, 0.25) is 0 Å². The Bertz CT molecular complexity index is 1000. The third-order valence-electron chi connectivity index (χ3n) is 4.88. The zero-order valence-corrected chi connectivity index (χ0v) is 16.6. The first-order valence-electron chi connectivity index (χ1n) is 9.30. The summed E-state index contributed by atoms with van der Waals surface area (Å²) < 4.78 is 27.1. The molecule has 3 aromatic rings. The molecule has 2 aromatic heterocycles. The molecule has 1 aliphatic rings. The lowest BCUT2D eigenvalue weighted by molar-refractivity contribution is 0.122. The molecular formula is C21H21N4O3S-. The minimum atomic E-state index is -2.10. The van der Waals surface area contributed by atoms with Crippen molar-refractivity contribution in [3.05, 3.63) is 60.4 Å². The lowest BCUT2D eigenvalue weighted by Crippen LogP contribution is -2.36. The fourth-order valence-electron chi connectivity index (χ4n) is 3.32. The second kappa shape index (κ2) is 8.69. The van der Waals surface area contributed by atoms with Crippen LogP contribution in [0.15, 0.2) is 54.9 Å². The highest BCUT2D eigenvalue weighted by atomic mass is 32.2. The highest BCUT2D eigenvalue weighted by molar-refractivity contribution is 7.78. The van der Waals surface area contributed by atoms with Gasteiger partial charge in [-0.2, -0.15) is 0 Å². The molecule has 0 radical (unpaired) electrons. The van der Waals surface area contributed by atoms with E-state index in [1.54, 1.807) is 18.3 Å². The van der Waals surface area contributed by atoms with Gasteiger partial charge in [-0.15, -0.1) is 0 Å². The van der Waals surface area contributed by atoms with Crippen molar-refractivity contribution in [3.63, 3.8) is 0 Å². The molecule has 0 spiro atoms. The Morgan fingerprint density at radius 2 is 1.69 bits per heavy atom. The molecule has 7 nitrogen and oxygen atoms in total. The number of benzene rings is 1. The molecule has 1 atom stereocenters. The van der Waals surface area contributed by atoms with E-state index in [9.17, 15) is 8.76 Å². The zero-order valence-electron chi connectivity index (χ0n) is 15.8. The SMILES string of the molecule is Nc1ncc(-c2ccc(CS(=O)[O-])cc2)cc1-c1ccc(N2CCOCC2)nc1. The van der Waals surface area contributed by atoms with E-state index in [1.165, 1.54) is 0 Å². The molecule has 0 amide bonds. The van der Waals surface area contributed by atoms with E-state index in [0.29, 0.717) is 19.0 Å². The van der Waals surface area contributed by atoms with E-state index in [4.69, 9.17) is 10.5 Å². The highest BCUT2D eigenvalue weighted by Crippen LogP contribution is 2.30. The van der Waals surface area contributed by atoms with Gasteiger partial charge in [0.05, 0.1) is 13.2 Å². The third-order valence-corrected chi connectivity index (χ3v) is 5.45. The van der Waals surface area contributed by atoms with Gasteiger partial charge in [0, 0.05) is 47.9 Å². The molecule has 4 rings (SSSR count). The Morgan fingerprint density at radius 3 is 2.34 bits per heavy atom. The number of nitrogen functional groups attached to an aromatic ring is 1. The number of hydrogen-bond acceptors (Lipinski definition) is 7. The second-order valence-electron chi connectivity index (χ2n) is 6.81. The van der Waals surface area contributed by atoms with Crippen LogP contribution in [0.25, 0.3) is 22.3 Å². The van der Waals surface area contributed by atoms with Crippen LogP contribution in [0, 0.1) is 0 Å². The van der Waals surface area contributed by atoms with Crippen molar-refractivity contribution in [3.8, 4) is 22.3 Å². The quantitative estimate of drug-likeness (QED) is 0.646. The van der Waals surface area contributed by atoms with Crippen LogP contribution < -0.4 is 10.6 Å². The maximum absolute atomic E-state index is 10.8. The number of nitrogens with two attached hydrogens (primary N) is 1. The molecule has 8 heteroatoms. The summed E-state index contributed by atoms with van der Waals surface area (Å²) in [5, 5.41) is 0. The minimum Gasteiger partial charge on any atom is -0.772 e. The highest BCUT2D eigenvalue weighted by Gasteiger charge is 2.13. The van der Waals surface area contributed by atoms with Crippen LogP contribution in [0.4, 0.5) is 11.6 Å². The number of pyridine rings is 2. The molecule has 3 heterocycles. The van der Waals surface area contributed by atoms with Gasteiger partial charge in [-0.1, -0.05) is 35.3 Å². The Hall–Kier alpha value is -2.81. The number of rotatable bonds is 5. The third kappa shape index (κ3) is 4.61. The number of nitrogens with zero attached hydrogens (tertiary/aromatic N) is 3. The van der Waals surface area contributed by atoms with Gasteiger partial charge in [-0.05, 0) is 29.3 Å². The summed E-state index contributed by atoms with van der Waals surface area (Å²) in [7, 11) is 0. The number of ether oxygens (including phenoxy) is 1. The van der Waals surface area contributed by atoms with E-state index in [2.05, 4.69) is 14.9 Å². The largest absolute Gasteiger partial charge is 0.772 e. The van der Waals surface area contributed by atoms with E-state index in [-0.39, 0.29) is 5.75 Å². The van der Waals surface area contributed by atoms with Gasteiger partial charge >= 0.3 is 0 Å². The Morgan fingerprint density at radius 1 is 1.00 bits per heavy atom. The van der Waals surface area contributed by atoms with Crippen LogP contribution in [-0.2, 0) is 21.6 Å². The summed E-state index contributed by atoms with van der Waals surface area (Å²) in [6, 6.07) is 13.4. The first-order chi connectivity index (χ1) is 14.1. The number of morpholine rings is 1. The van der Waals surface area contributed by atoms with Crippen LogP contribution in [0.5, 0.6) is 0 Å². The molecule has 0 bridgehead atoms. The van der Waals surface area contributed by atoms with Gasteiger partial charge in [-0.3, -0.25) is 4.21 Å². The molecule has 2 N–H and O–H groups in total. The fraction of sp³-hybridized carbons (Fsp3) is 0.238. The minimum absolute atomic E-state index is 0.00663. The maximum Gasteiger partial charge on any atom is 0.131 e. The monoisotopic (exact) mass is 409 g/mol. The first kappa shape index (κ1) is 19.5. The molecule has 29 heavy (non-hydrogen) atoms. The van der Waals surface area contributed by atoms with Crippen molar-refractivity contribution in [1.82, 2.24) is 9.97 Å². The van der Waals surface area contributed by atoms with Crippen LogP contribution in [0.1, 0.15) is 5.56 Å². The number of anilines is 2. The van der Waals surface area contributed by atoms with Gasteiger partial charge in [0.25, 0.3) is 0 Å².